The van der Waals surface area contributed by atoms with E-state index in [1.54, 1.807) is 13.3 Å². The van der Waals surface area contributed by atoms with Gasteiger partial charge in [-0.1, -0.05) is 11.2 Å². The molecular weight excluding hydrogens is 310 g/mol. The number of aromatic nitrogens is 1. The Bertz CT molecular complexity index is 590. The maximum absolute atomic E-state index is 4.84. The fourth-order valence-electron chi connectivity index (χ4n) is 2.86. The molecule has 124 valence electrons. The fourth-order valence-corrected chi connectivity index (χ4v) is 3.72. The Morgan fingerprint density at radius 2 is 2.26 bits per heavy atom. The van der Waals surface area contributed by atoms with Crippen molar-refractivity contribution in [3.05, 3.63) is 40.4 Å². The molecule has 0 spiro atoms. The molecule has 2 N–H and O–H groups in total. The van der Waals surface area contributed by atoms with Crippen molar-refractivity contribution in [2.45, 2.75) is 25.4 Å². The van der Waals surface area contributed by atoms with E-state index in [0.29, 0.717) is 12.6 Å². The molecule has 6 nitrogen and oxygen atoms in total. The van der Waals surface area contributed by atoms with Gasteiger partial charge in [0, 0.05) is 24.5 Å². The lowest BCUT2D eigenvalue weighted by Crippen LogP contribution is -2.42. The van der Waals surface area contributed by atoms with Crippen molar-refractivity contribution in [1.29, 1.82) is 0 Å². The lowest BCUT2D eigenvalue weighted by atomic mass is 10.2. The first-order chi connectivity index (χ1) is 11.4. The van der Waals surface area contributed by atoms with Crippen molar-refractivity contribution < 1.29 is 4.52 Å². The third-order valence-corrected chi connectivity index (χ3v) is 5.04. The Kier molecular flexibility index (Phi) is 5.65. The molecule has 0 amide bonds. The van der Waals surface area contributed by atoms with Gasteiger partial charge in [0.25, 0.3) is 0 Å². The summed E-state index contributed by atoms with van der Waals surface area (Å²) in [5.74, 6) is 0.786. The highest BCUT2D eigenvalue weighted by Gasteiger charge is 2.24. The van der Waals surface area contributed by atoms with Gasteiger partial charge in [-0.2, -0.15) is 0 Å². The molecule has 1 atom stereocenters. The minimum atomic E-state index is 0.406. The van der Waals surface area contributed by atoms with Crippen molar-refractivity contribution >= 4 is 17.3 Å². The largest absolute Gasteiger partial charge is 0.364 e. The predicted molar refractivity (Wildman–Crippen MR) is 92.6 cm³/mol. The molecule has 1 aliphatic rings. The molecule has 2 aromatic heterocycles. The third kappa shape index (κ3) is 4.33. The van der Waals surface area contributed by atoms with Gasteiger partial charge in [0.1, 0.15) is 12.0 Å². The summed E-state index contributed by atoms with van der Waals surface area (Å²) in [5, 5.41) is 12.8. The maximum atomic E-state index is 4.84. The topological polar surface area (TPSA) is 65.7 Å². The van der Waals surface area contributed by atoms with Crippen LogP contribution in [0.25, 0.3) is 0 Å². The predicted octanol–water partition coefficient (Wildman–Crippen LogP) is 2.24. The minimum Gasteiger partial charge on any atom is -0.364 e. The number of nitrogens with zero attached hydrogens (tertiary/aromatic N) is 3. The highest BCUT2D eigenvalue weighted by Crippen LogP contribution is 2.27. The van der Waals surface area contributed by atoms with E-state index in [-0.39, 0.29) is 0 Å². The van der Waals surface area contributed by atoms with Gasteiger partial charge < -0.3 is 15.2 Å². The van der Waals surface area contributed by atoms with E-state index in [2.05, 4.69) is 43.2 Å². The van der Waals surface area contributed by atoms with Gasteiger partial charge in [-0.15, -0.1) is 11.3 Å². The van der Waals surface area contributed by atoms with Crippen LogP contribution in [0.1, 0.15) is 29.5 Å². The molecule has 0 bridgehead atoms. The lowest BCUT2D eigenvalue weighted by Gasteiger charge is -2.27. The number of nitrogens with one attached hydrogen (secondary N) is 2. The first-order valence-corrected chi connectivity index (χ1v) is 8.86. The summed E-state index contributed by atoms with van der Waals surface area (Å²) in [6.45, 7) is 3.80. The van der Waals surface area contributed by atoms with Crippen LogP contribution < -0.4 is 10.6 Å². The van der Waals surface area contributed by atoms with Crippen LogP contribution >= 0.6 is 11.3 Å². The summed E-state index contributed by atoms with van der Waals surface area (Å²) in [4.78, 5) is 8.26. The van der Waals surface area contributed by atoms with E-state index >= 15 is 0 Å². The quantitative estimate of drug-likeness (QED) is 0.627. The summed E-state index contributed by atoms with van der Waals surface area (Å²) >= 11 is 1.82. The zero-order chi connectivity index (χ0) is 15.9. The molecule has 1 saturated heterocycles. The van der Waals surface area contributed by atoms with Crippen LogP contribution in [-0.4, -0.2) is 42.7 Å². The van der Waals surface area contributed by atoms with Gasteiger partial charge in [0.05, 0.1) is 12.6 Å². The molecule has 3 heterocycles. The van der Waals surface area contributed by atoms with E-state index in [9.17, 15) is 0 Å². The molecule has 0 radical (unpaired) electrons. The van der Waals surface area contributed by atoms with Gasteiger partial charge in [0.15, 0.2) is 5.96 Å². The molecule has 7 heteroatoms. The molecule has 3 rings (SSSR count). The number of guanidine groups is 1. The molecule has 1 aliphatic heterocycles. The van der Waals surface area contributed by atoms with Crippen LogP contribution in [0.2, 0.25) is 0 Å². The maximum Gasteiger partial charge on any atom is 0.191 e. The summed E-state index contributed by atoms with van der Waals surface area (Å²) in [6.07, 6.45) is 4.16. The van der Waals surface area contributed by atoms with Gasteiger partial charge >= 0.3 is 0 Å². The van der Waals surface area contributed by atoms with Crippen LogP contribution in [0.5, 0.6) is 0 Å². The number of rotatable bonds is 6. The normalized spacial score (nSPS) is 17.3. The van der Waals surface area contributed by atoms with Crippen LogP contribution in [0.4, 0.5) is 0 Å². The fraction of sp³-hybridized carbons (Fsp3) is 0.500. The molecule has 1 fully saturated rings. The number of thiophene rings is 1. The van der Waals surface area contributed by atoms with Crippen LogP contribution in [-0.2, 0) is 6.54 Å². The summed E-state index contributed by atoms with van der Waals surface area (Å²) in [7, 11) is 1.79. The van der Waals surface area contributed by atoms with Gasteiger partial charge in [-0.3, -0.25) is 9.89 Å². The highest BCUT2D eigenvalue weighted by atomic mass is 32.1. The number of likely N-dealkylation sites (tertiary alicyclic amines) is 1. The Hall–Kier alpha value is -1.86. The standard InChI is InChI=1S/C16H23N5OS/c1-17-16(18-11-13-6-9-22-20-13)19-12-14(15-5-4-10-23-15)21-7-2-3-8-21/h4-6,9-10,14H,2-3,7-8,11-12H2,1H3,(H2,17,18,19). The molecule has 23 heavy (non-hydrogen) atoms. The van der Waals surface area contributed by atoms with Crippen LogP contribution in [0.15, 0.2) is 39.4 Å². The Balaban J connectivity index is 1.56. The molecule has 0 saturated carbocycles. The van der Waals surface area contributed by atoms with Crippen molar-refractivity contribution in [2.24, 2.45) is 4.99 Å². The molecule has 0 aliphatic carbocycles. The van der Waals surface area contributed by atoms with Crippen LogP contribution in [0, 0.1) is 0 Å². The third-order valence-electron chi connectivity index (χ3n) is 4.07. The molecule has 1 unspecified atom stereocenters. The second-order valence-corrected chi connectivity index (χ2v) is 6.55. The second-order valence-electron chi connectivity index (χ2n) is 5.57. The highest BCUT2D eigenvalue weighted by molar-refractivity contribution is 7.10. The monoisotopic (exact) mass is 333 g/mol. The minimum absolute atomic E-state index is 0.406. The van der Waals surface area contributed by atoms with Crippen molar-refractivity contribution in [1.82, 2.24) is 20.7 Å². The summed E-state index contributed by atoms with van der Waals surface area (Å²) in [6, 6.07) is 6.60. The zero-order valence-corrected chi connectivity index (χ0v) is 14.2. The zero-order valence-electron chi connectivity index (χ0n) is 13.4. The molecular formula is C16H23N5OS. The van der Waals surface area contributed by atoms with Gasteiger partial charge in [-0.05, 0) is 37.4 Å². The van der Waals surface area contributed by atoms with E-state index in [4.69, 9.17) is 4.52 Å². The molecule has 2 aromatic rings. The average Bonchev–Trinajstić information content (AvgIpc) is 3.34. The Labute approximate surface area is 140 Å². The van der Waals surface area contributed by atoms with Crippen molar-refractivity contribution in [3.63, 3.8) is 0 Å². The first kappa shape index (κ1) is 16.0. The Morgan fingerprint density at radius 3 is 2.91 bits per heavy atom. The number of hydrogen-bond donors (Lipinski definition) is 2. The van der Waals surface area contributed by atoms with Crippen LogP contribution in [0.3, 0.4) is 0 Å². The average molecular weight is 333 g/mol. The Morgan fingerprint density at radius 1 is 1.39 bits per heavy atom. The number of aliphatic imine (C=N–C) groups is 1. The smallest absolute Gasteiger partial charge is 0.191 e. The lowest BCUT2D eigenvalue weighted by molar-refractivity contribution is 0.249. The SMILES string of the molecule is CN=C(NCc1ccon1)NCC(c1cccs1)N1CCCC1. The molecule has 0 aromatic carbocycles. The van der Waals surface area contributed by atoms with Crippen molar-refractivity contribution in [3.8, 4) is 0 Å². The summed E-state index contributed by atoms with van der Waals surface area (Å²) in [5.41, 5.74) is 0.863. The van der Waals surface area contributed by atoms with Crippen molar-refractivity contribution in [2.75, 3.05) is 26.7 Å². The van der Waals surface area contributed by atoms with Gasteiger partial charge in [0.2, 0.25) is 0 Å². The van der Waals surface area contributed by atoms with E-state index in [1.165, 1.54) is 30.8 Å². The van der Waals surface area contributed by atoms with E-state index in [0.717, 1.165) is 18.2 Å². The first-order valence-electron chi connectivity index (χ1n) is 7.98. The van der Waals surface area contributed by atoms with Gasteiger partial charge in [-0.25, -0.2) is 0 Å². The second kappa shape index (κ2) is 8.12. The number of hydrogen-bond acceptors (Lipinski definition) is 5. The van der Waals surface area contributed by atoms with E-state index < -0.39 is 0 Å². The summed E-state index contributed by atoms with van der Waals surface area (Å²) < 4.78 is 4.84. The van der Waals surface area contributed by atoms with E-state index in [1.807, 2.05) is 17.4 Å².